The summed E-state index contributed by atoms with van der Waals surface area (Å²) in [6, 6.07) is 47.5. The molecule has 4 heterocycles. The van der Waals surface area contributed by atoms with Gasteiger partial charge in [0.05, 0.1) is 33.3 Å². The van der Waals surface area contributed by atoms with Gasteiger partial charge in [0.1, 0.15) is 11.1 Å². The number of hydrogen-bond donors (Lipinski definition) is 0. The Morgan fingerprint density at radius 2 is 1.25 bits per heavy atom. The Hall–Kier alpha value is -5.81. The number of imidazole rings is 1. The van der Waals surface area contributed by atoms with Gasteiger partial charge < -0.3 is 18.5 Å². The highest BCUT2D eigenvalue weighted by Crippen LogP contribution is 2.54. The Bertz CT molecular complexity index is 2740. The maximum Gasteiger partial charge on any atom is 0.212 e. The summed E-state index contributed by atoms with van der Waals surface area (Å²) in [7, 11) is 0. The molecule has 5 nitrogen and oxygen atoms in total. The third-order valence-corrected chi connectivity index (χ3v) is 11.1. The second-order valence-corrected chi connectivity index (χ2v) is 14.0. The molecule has 9 aromatic rings. The minimum Gasteiger partial charge on any atom is -0.454 e. The van der Waals surface area contributed by atoms with Gasteiger partial charge in [0.2, 0.25) is 5.95 Å². The molecule has 0 spiro atoms. The molecule has 5 heteroatoms. The summed E-state index contributed by atoms with van der Waals surface area (Å²) in [5.41, 5.74) is 10.2. The Labute approximate surface area is 278 Å². The first-order chi connectivity index (χ1) is 23.3. The zero-order valence-electron chi connectivity index (χ0n) is 27.4. The van der Waals surface area contributed by atoms with Gasteiger partial charge in [-0.25, -0.2) is 4.98 Å². The molecule has 0 saturated carbocycles. The van der Waals surface area contributed by atoms with Crippen LogP contribution in [0.4, 0.5) is 11.6 Å². The molecule has 10 rings (SSSR count). The Morgan fingerprint density at radius 1 is 0.562 bits per heavy atom. The summed E-state index contributed by atoms with van der Waals surface area (Å²) in [4.78, 5) is 8.00. The molecule has 0 aliphatic carbocycles. The van der Waals surface area contributed by atoms with Crippen molar-refractivity contribution in [2.24, 2.45) is 0 Å². The smallest absolute Gasteiger partial charge is 0.212 e. The van der Waals surface area contributed by atoms with Crippen LogP contribution in [0.5, 0.6) is 0 Å². The minimum absolute atomic E-state index is 0.290. The van der Waals surface area contributed by atoms with Gasteiger partial charge in [0, 0.05) is 27.2 Å². The topological polar surface area (TPSA) is 39.1 Å². The van der Waals surface area contributed by atoms with Crippen molar-refractivity contribution >= 4 is 66.4 Å². The van der Waals surface area contributed by atoms with E-state index in [-0.39, 0.29) is 11.1 Å². The van der Waals surface area contributed by atoms with Crippen LogP contribution in [0.25, 0.3) is 71.6 Å². The van der Waals surface area contributed by atoms with Crippen LogP contribution in [0, 0.1) is 0 Å². The van der Waals surface area contributed by atoms with Gasteiger partial charge in [-0.2, -0.15) is 0 Å². The van der Waals surface area contributed by atoms with Crippen LogP contribution in [-0.4, -0.2) is 19.7 Å². The fourth-order valence-electron chi connectivity index (χ4n) is 8.13. The number of fused-ring (bicyclic) bond motifs is 10. The maximum atomic E-state index is 6.59. The average molecular weight is 623 g/mol. The SMILES string of the molecule is CC1(C)N(c2cccc3c2oc2ccccc23)c2nc3c4c5ccccc5n(-c5cccc(-c6ccccc6)c5)c4ccc3n2C1(C)C. The van der Waals surface area contributed by atoms with Crippen LogP contribution in [-0.2, 0) is 5.54 Å². The molecule has 1 aliphatic heterocycles. The molecule has 0 radical (unpaired) electrons. The van der Waals surface area contributed by atoms with E-state index in [1.807, 2.05) is 6.07 Å². The molecule has 0 atom stereocenters. The molecule has 0 bridgehead atoms. The van der Waals surface area contributed by atoms with Crippen LogP contribution >= 0.6 is 0 Å². The normalized spacial score (nSPS) is 15.4. The van der Waals surface area contributed by atoms with E-state index < -0.39 is 0 Å². The lowest BCUT2D eigenvalue weighted by Crippen LogP contribution is -2.50. The first kappa shape index (κ1) is 27.3. The number of rotatable bonds is 3. The van der Waals surface area contributed by atoms with Crippen LogP contribution in [0.2, 0.25) is 0 Å². The van der Waals surface area contributed by atoms with E-state index in [1.54, 1.807) is 0 Å². The summed E-state index contributed by atoms with van der Waals surface area (Å²) in [6.07, 6.45) is 0. The van der Waals surface area contributed by atoms with Crippen LogP contribution in [0.1, 0.15) is 27.7 Å². The van der Waals surface area contributed by atoms with Crippen LogP contribution in [0.3, 0.4) is 0 Å². The summed E-state index contributed by atoms with van der Waals surface area (Å²) >= 11 is 0. The summed E-state index contributed by atoms with van der Waals surface area (Å²) in [5.74, 6) is 0.934. The molecular weight excluding hydrogens is 589 g/mol. The second kappa shape index (κ2) is 9.39. The molecule has 3 aromatic heterocycles. The molecular formula is C43H34N4O. The van der Waals surface area contributed by atoms with E-state index in [4.69, 9.17) is 9.40 Å². The van der Waals surface area contributed by atoms with Crippen molar-refractivity contribution in [1.29, 1.82) is 0 Å². The average Bonchev–Trinajstić information content (AvgIpc) is 3.81. The molecule has 48 heavy (non-hydrogen) atoms. The van der Waals surface area contributed by atoms with Gasteiger partial charge in [-0.1, -0.05) is 91.0 Å². The van der Waals surface area contributed by atoms with Gasteiger partial charge in [0.25, 0.3) is 0 Å². The quantitative estimate of drug-likeness (QED) is 0.197. The minimum atomic E-state index is -0.308. The zero-order chi connectivity index (χ0) is 32.4. The summed E-state index contributed by atoms with van der Waals surface area (Å²) in [6.45, 7) is 9.30. The van der Waals surface area contributed by atoms with Crippen molar-refractivity contribution < 1.29 is 4.42 Å². The maximum absolute atomic E-state index is 6.59. The van der Waals surface area contributed by atoms with Gasteiger partial charge in [-0.05, 0) is 81.3 Å². The Kier molecular flexibility index (Phi) is 5.34. The predicted molar refractivity (Wildman–Crippen MR) is 199 cm³/mol. The van der Waals surface area contributed by atoms with E-state index >= 15 is 0 Å². The fraction of sp³-hybridized carbons (Fsp3) is 0.140. The van der Waals surface area contributed by atoms with Gasteiger partial charge >= 0.3 is 0 Å². The molecule has 232 valence electrons. The lowest BCUT2D eigenvalue weighted by atomic mass is 9.82. The highest BCUT2D eigenvalue weighted by molar-refractivity contribution is 6.20. The zero-order valence-corrected chi connectivity index (χ0v) is 27.4. The van der Waals surface area contributed by atoms with E-state index in [0.29, 0.717) is 0 Å². The highest BCUT2D eigenvalue weighted by atomic mass is 16.3. The highest BCUT2D eigenvalue weighted by Gasteiger charge is 2.54. The van der Waals surface area contributed by atoms with E-state index in [2.05, 4.69) is 169 Å². The standard InChI is InChI=1S/C43H34N4O/c1-42(2)43(3,4)47(36-22-13-20-31-30-18-9-11-23-37(30)48-40(31)36)41-44-39-35(46(41)42)25-24-34-38(39)32-19-8-10-21-33(32)45(34)29-17-12-16-28(26-29)27-14-6-5-7-15-27/h5-26H,1-4H3. The first-order valence-electron chi connectivity index (χ1n) is 16.7. The van der Waals surface area contributed by atoms with E-state index in [0.717, 1.165) is 55.8 Å². The molecule has 0 saturated heterocycles. The van der Waals surface area contributed by atoms with Gasteiger partial charge in [-0.15, -0.1) is 0 Å². The number of hydrogen-bond acceptors (Lipinski definition) is 3. The monoisotopic (exact) mass is 622 g/mol. The molecule has 0 fully saturated rings. The van der Waals surface area contributed by atoms with Crippen molar-refractivity contribution in [1.82, 2.24) is 14.1 Å². The first-order valence-corrected chi connectivity index (χ1v) is 16.7. The lowest BCUT2D eigenvalue weighted by Gasteiger charge is -2.41. The van der Waals surface area contributed by atoms with Gasteiger partial charge in [0.15, 0.2) is 5.58 Å². The number of anilines is 2. The van der Waals surface area contributed by atoms with Crippen LogP contribution in [0.15, 0.2) is 138 Å². The summed E-state index contributed by atoms with van der Waals surface area (Å²) in [5, 5.41) is 4.62. The van der Waals surface area contributed by atoms with Crippen molar-refractivity contribution in [3.8, 4) is 16.8 Å². The lowest BCUT2D eigenvalue weighted by molar-refractivity contribution is 0.253. The third-order valence-electron chi connectivity index (χ3n) is 11.1. The number of benzene rings is 6. The van der Waals surface area contributed by atoms with E-state index in [1.165, 1.54) is 27.4 Å². The molecule has 6 aromatic carbocycles. The van der Waals surface area contributed by atoms with Crippen molar-refractivity contribution in [2.45, 2.75) is 38.8 Å². The fourth-order valence-corrected chi connectivity index (χ4v) is 8.13. The van der Waals surface area contributed by atoms with Gasteiger partial charge in [-0.3, -0.25) is 0 Å². The Morgan fingerprint density at radius 3 is 2.10 bits per heavy atom. The third kappa shape index (κ3) is 3.43. The second-order valence-electron chi connectivity index (χ2n) is 14.0. The predicted octanol–water partition coefficient (Wildman–Crippen LogP) is 11.4. The molecule has 1 aliphatic rings. The molecule has 0 N–H and O–H groups in total. The van der Waals surface area contributed by atoms with Crippen molar-refractivity contribution in [3.05, 3.63) is 133 Å². The molecule has 0 unspecified atom stereocenters. The number of furan rings is 1. The largest absolute Gasteiger partial charge is 0.454 e. The summed E-state index contributed by atoms with van der Waals surface area (Å²) < 4.78 is 11.4. The van der Waals surface area contributed by atoms with Crippen LogP contribution < -0.4 is 4.90 Å². The van der Waals surface area contributed by atoms with Crippen molar-refractivity contribution in [2.75, 3.05) is 4.90 Å². The Balaban J connectivity index is 1.25. The number of aromatic nitrogens is 3. The van der Waals surface area contributed by atoms with Crippen molar-refractivity contribution in [3.63, 3.8) is 0 Å². The number of nitrogens with zero attached hydrogens (tertiary/aromatic N) is 4. The molecule has 0 amide bonds. The number of para-hydroxylation sites is 3. The van der Waals surface area contributed by atoms with E-state index in [9.17, 15) is 0 Å².